The van der Waals surface area contributed by atoms with Gasteiger partial charge in [-0.2, -0.15) is 0 Å². The Morgan fingerprint density at radius 3 is 2.20 bits per heavy atom. The molecule has 1 atom stereocenters. The molecule has 28 valence electrons. The molecule has 2 N–H and O–H groups in total. The molecule has 0 spiro atoms. The van der Waals surface area contributed by atoms with Crippen molar-refractivity contribution in [1.82, 2.24) is 0 Å². The lowest BCUT2D eigenvalue weighted by Crippen LogP contribution is -2.14. The smallest absolute Gasteiger partial charge is 0.0742 e. The Kier molecular flexibility index (Phi) is 0.669. The van der Waals surface area contributed by atoms with E-state index in [2.05, 4.69) is 0 Å². The van der Waals surface area contributed by atoms with E-state index in [0.717, 1.165) is 0 Å². The highest BCUT2D eigenvalue weighted by atomic mass is 32.2. The molecular formula is C3H5NS. The minimum Gasteiger partial charge on any atom is -0.316 e. The Morgan fingerprint density at radius 2 is 2.20 bits per heavy atom. The van der Waals surface area contributed by atoms with Crippen LogP contribution in [-0.2, 0) is 0 Å². The summed E-state index contributed by atoms with van der Waals surface area (Å²) < 4.78 is 0. The SMILES string of the molecule is NC1C=CS1. The zero-order valence-corrected chi connectivity index (χ0v) is 3.53. The first-order valence-electron chi connectivity index (χ1n) is 1.47. The van der Waals surface area contributed by atoms with Crippen LogP contribution in [0.15, 0.2) is 11.5 Å². The van der Waals surface area contributed by atoms with E-state index in [0.29, 0.717) is 5.37 Å². The fourth-order valence-electron chi connectivity index (χ4n) is 0.169. The monoisotopic (exact) mass is 87.0 g/mol. The Bertz CT molecular complexity index is 59.9. The third kappa shape index (κ3) is 0.465. The molecule has 0 aromatic heterocycles. The third-order valence-electron chi connectivity index (χ3n) is 0.504. The molecule has 0 amide bonds. The molecule has 0 aromatic rings. The van der Waals surface area contributed by atoms with E-state index in [4.69, 9.17) is 5.73 Å². The van der Waals surface area contributed by atoms with Crippen molar-refractivity contribution >= 4 is 11.8 Å². The minimum absolute atomic E-state index is 0.301. The first kappa shape index (κ1) is 3.25. The predicted molar refractivity (Wildman–Crippen MR) is 24.7 cm³/mol. The van der Waals surface area contributed by atoms with E-state index >= 15 is 0 Å². The Balaban J connectivity index is 2.39. The molecule has 1 nitrogen and oxygen atoms in total. The van der Waals surface area contributed by atoms with Gasteiger partial charge in [0.05, 0.1) is 5.37 Å². The van der Waals surface area contributed by atoms with Gasteiger partial charge in [0, 0.05) is 0 Å². The number of hydrogen-bond donors (Lipinski definition) is 1. The summed E-state index contributed by atoms with van der Waals surface area (Å²) in [6, 6.07) is 0. The van der Waals surface area contributed by atoms with Gasteiger partial charge in [0.2, 0.25) is 0 Å². The fourth-order valence-corrected chi connectivity index (χ4v) is 0.508. The minimum atomic E-state index is 0.301. The van der Waals surface area contributed by atoms with Gasteiger partial charge in [-0.1, -0.05) is 6.08 Å². The van der Waals surface area contributed by atoms with Crippen LogP contribution in [0.4, 0.5) is 0 Å². The maximum Gasteiger partial charge on any atom is 0.0742 e. The molecule has 0 saturated heterocycles. The van der Waals surface area contributed by atoms with Gasteiger partial charge in [-0.15, -0.1) is 11.8 Å². The second-order valence-corrected chi connectivity index (χ2v) is 2.02. The van der Waals surface area contributed by atoms with Gasteiger partial charge in [-0.3, -0.25) is 0 Å². The summed E-state index contributed by atoms with van der Waals surface area (Å²) >= 11 is 1.66. The van der Waals surface area contributed by atoms with Gasteiger partial charge >= 0.3 is 0 Å². The molecule has 0 bridgehead atoms. The second-order valence-electron chi connectivity index (χ2n) is 0.929. The zero-order valence-electron chi connectivity index (χ0n) is 2.72. The average Bonchev–Trinajstić information content (AvgIpc) is 1.30. The van der Waals surface area contributed by atoms with Crippen LogP contribution in [0, 0.1) is 0 Å². The molecule has 2 heteroatoms. The molecule has 1 unspecified atom stereocenters. The van der Waals surface area contributed by atoms with Crippen LogP contribution in [0.3, 0.4) is 0 Å². The maximum atomic E-state index is 5.25. The van der Waals surface area contributed by atoms with Crippen LogP contribution in [0.1, 0.15) is 0 Å². The van der Waals surface area contributed by atoms with E-state index < -0.39 is 0 Å². The predicted octanol–water partition coefficient (Wildman–Crippen LogP) is 0.532. The van der Waals surface area contributed by atoms with Crippen molar-refractivity contribution in [2.24, 2.45) is 5.73 Å². The van der Waals surface area contributed by atoms with Gasteiger partial charge in [-0.25, -0.2) is 0 Å². The molecule has 5 heavy (non-hydrogen) atoms. The molecule has 0 fully saturated rings. The van der Waals surface area contributed by atoms with E-state index in [1.807, 2.05) is 11.5 Å². The van der Waals surface area contributed by atoms with Crippen molar-refractivity contribution in [3.63, 3.8) is 0 Å². The number of rotatable bonds is 0. The average molecular weight is 87.1 g/mol. The van der Waals surface area contributed by atoms with Crippen LogP contribution in [0.25, 0.3) is 0 Å². The van der Waals surface area contributed by atoms with Gasteiger partial charge in [0.1, 0.15) is 0 Å². The Labute approximate surface area is 35.2 Å². The summed E-state index contributed by atoms with van der Waals surface area (Å²) in [5.41, 5.74) is 5.25. The molecule has 0 aliphatic carbocycles. The van der Waals surface area contributed by atoms with Crippen molar-refractivity contribution in [1.29, 1.82) is 0 Å². The number of hydrogen-bond acceptors (Lipinski definition) is 2. The van der Waals surface area contributed by atoms with E-state index in [1.54, 1.807) is 11.8 Å². The largest absolute Gasteiger partial charge is 0.316 e. The molecule has 1 rings (SSSR count). The summed E-state index contributed by atoms with van der Waals surface area (Å²) in [6.45, 7) is 0. The highest BCUT2D eigenvalue weighted by Crippen LogP contribution is 2.17. The Hall–Kier alpha value is 0.0500. The summed E-state index contributed by atoms with van der Waals surface area (Å²) in [6.07, 6.45) is 1.96. The van der Waals surface area contributed by atoms with Crippen molar-refractivity contribution in [3.8, 4) is 0 Å². The van der Waals surface area contributed by atoms with Crippen molar-refractivity contribution in [2.45, 2.75) is 5.37 Å². The topological polar surface area (TPSA) is 26.0 Å². The molecule has 1 aliphatic heterocycles. The van der Waals surface area contributed by atoms with Crippen molar-refractivity contribution < 1.29 is 0 Å². The van der Waals surface area contributed by atoms with Crippen LogP contribution in [0.5, 0.6) is 0 Å². The van der Waals surface area contributed by atoms with Gasteiger partial charge in [-0.05, 0) is 5.41 Å². The van der Waals surface area contributed by atoms with Crippen LogP contribution in [-0.4, -0.2) is 5.37 Å². The van der Waals surface area contributed by atoms with Crippen molar-refractivity contribution in [3.05, 3.63) is 11.5 Å². The first-order valence-corrected chi connectivity index (χ1v) is 2.41. The highest BCUT2D eigenvalue weighted by molar-refractivity contribution is 8.04. The molecule has 0 saturated carbocycles. The standard InChI is InChI=1S/C3H5NS/c4-3-1-2-5-3/h1-3H,4H2. The quantitative estimate of drug-likeness (QED) is 0.466. The Morgan fingerprint density at radius 1 is 1.80 bits per heavy atom. The van der Waals surface area contributed by atoms with Crippen LogP contribution in [0.2, 0.25) is 0 Å². The molecule has 1 aliphatic rings. The van der Waals surface area contributed by atoms with Crippen molar-refractivity contribution in [2.75, 3.05) is 0 Å². The van der Waals surface area contributed by atoms with E-state index in [-0.39, 0.29) is 0 Å². The van der Waals surface area contributed by atoms with Gasteiger partial charge < -0.3 is 5.73 Å². The van der Waals surface area contributed by atoms with Crippen LogP contribution < -0.4 is 5.73 Å². The second kappa shape index (κ2) is 1.03. The van der Waals surface area contributed by atoms with E-state index in [1.165, 1.54) is 0 Å². The van der Waals surface area contributed by atoms with Crippen LogP contribution >= 0.6 is 11.8 Å². The maximum absolute atomic E-state index is 5.25. The molecule has 1 heterocycles. The number of nitrogens with two attached hydrogens (primary N) is 1. The summed E-state index contributed by atoms with van der Waals surface area (Å²) in [7, 11) is 0. The lowest BCUT2D eigenvalue weighted by Gasteiger charge is -2.07. The zero-order chi connectivity index (χ0) is 3.70. The highest BCUT2D eigenvalue weighted by Gasteiger charge is 1.99. The van der Waals surface area contributed by atoms with E-state index in [9.17, 15) is 0 Å². The van der Waals surface area contributed by atoms with Gasteiger partial charge in [0.15, 0.2) is 0 Å². The first-order chi connectivity index (χ1) is 2.39. The number of thioether (sulfide) groups is 1. The molecule has 0 aromatic carbocycles. The lowest BCUT2D eigenvalue weighted by atomic mass is 10.6. The molecular weight excluding hydrogens is 82.1 g/mol. The fraction of sp³-hybridized carbons (Fsp3) is 0.333. The molecule has 0 radical (unpaired) electrons. The summed E-state index contributed by atoms with van der Waals surface area (Å²) in [5.74, 6) is 0. The third-order valence-corrected chi connectivity index (χ3v) is 1.29. The summed E-state index contributed by atoms with van der Waals surface area (Å²) in [4.78, 5) is 0. The summed E-state index contributed by atoms with van der Waals surface area (Å²) in [5, 5.41) is 2.29. The lowest BCUT2D eigenvalue weighted by molar-refractivity contribution is 1.15. The van der Waals surface area contributed by atoms with Gasteiger partial charge in [0.25, 0.3) is 0 Å². The normalized spacial score (nSPS) is 33.4.